The number of hydrogen-bond donors (Lipinski definition) is 4. The normalized spacial score (nSPS) is 12.2. The highest BCUT2D eigenvalue weighted by Crippen LogP contribution is 2.28. The first-order valence-electron chi connectivity index (χ1n) is 12.0. The van der Waals surface area contributed by atoms with Gasteiger partial charge in [-0.2, -0.15) is 0 Å². The largest absolute Gasteiger partial charge is 0.387 e. The monoisotopic (exact) mass is 516 g/mol. The van der Waals surface area contributed by atoms with Gasteiger partial charge >= 0.3 is 0 Å². The van der Waals surface area contributed by atoms with E-state index >= 15 is 0 Å². The van der Waals surface area contributed by atoms with E-state index in [1.54, 1.807) is 58.2 Å². The standard InChI is InChI=1S/C25H31FN4O3S.C2H6/c1-16(17-8-10-18(26)11-9-17)29-23(31)20-7-6-14-27-22(20)28-15-19-12-13-21(34-19)30-33-25(4,5)24(2,3)32;1-2/h6-14,16,30,32H,15H2,1-5H3,(H,27,28)(H,29,31);1-2H3. The molecule has 0 aliphatic carbocycles. The maximum atomic E-state index is 13.2. The number of halogens is 1. The molecule has 0 fully saturated rings. The maximum absolute atomic E-state index is 13.2. The van der Waals surface area contributed by atoms with E-state index in [1.807, 2.05) is 32.9 Å². The van der Waals surface area contributed by atoms with Crippen LogP contribution in [0.5, 0.6) is 0 Å². The number of anilines is 2. The van der Waals surface area contributed by atoms with Gasteiger partial charge in [-0.1, -0.05) is 26.0 Å². The van der Waals surface area contributed by atoms with Crippen LogP contribution in [0.15, 0.2) is 54.7 Å². The van der Waals surface area contributed by atoms with Crippen LogP contribution in [0, 0.1) is 5.82 Å². The number of amides is 1. The molecule has 1 atom stereocenters. The molecular weight excluding hydrogens is 479 g/mol. The zero-order valence-electron chi connectivity index (χ0n) is 22.0. The van der Waals surface area contributed by atoms with Crippen LogP contribution in [0.4, 0.5) is 15.2 Å². The van der Waals surface area contributed by atoms with Crippen LogP contribution in [0.2, 0.25) is 0 Å². The van der Waals surface area contributed by atoms with E-state index in [4.69, 9.17) is 4.84 Å². The number of aromatic nitrogens is 1. The summed E-state index contributed by atoms with van der Waals surface area (Å²) in [5, 5.41) is 17.2. The van der Waals surface area contributed by atoms with E-state index in [-0.39, 0.29) is 17.8 Å². The van der Waals surface area contributed by atoms with Crippen molar-refractivity contribution < 1.29 is 19.1 Å². The summed E-state index contributed by atoms with van der Waals surface area (Å²) in [6.45, 7) is 13.3. The molecule has 1 amide bonds. The number of thiophene rings is 1. The number of nitrogens with zero attached hydrogens (tertiary/aromatic N) is 1. The lowest BCUT2D eigenvalue weighted by Crippen LogP contribution is -2.48. The second-order valence-corrected chi connectivity index (χ2v) is 10.2. The molecule has 0 radical (unpaired) electrons. The summed E-state index contributed by atoms with van der Waals surface area (Å²) in [4.78, 5) is 23.9. The third-order valence-electron chi connectivity index (χ3n) is 5.74. The Morgan fingerprint density at radius 1 is 1.11 bits per heavy atom. The van der Waals surface area contributed by atoms with E-state index in [9.17, 15) is 14.3 Å². The van der Waals surface area contributed by atoms with Gasteiger partial charge in [0, 0.05) is 11.1 Å². The maximum Gasteiger partial charge on any atom is 0.255 e. The lowest BCUT2D eigenvalue weighted by atomic mass is 9.90. The van der Waals surface area contributed by atoms with Gasteiger partial charge < -0.3 is 15.7 Å². The fourth-order valence-electron chi connectivity index (χ4n) is 2.84. The number of carbonyl (C=O) groups excluding carboxylic acids is 1. The Bertz CT molecular complexity index is 1110. The number of benzene rings is 1. The second kappa shape index (κ2) is 12.8. The van der Waals surface area contributed by atoms with Gasteiger partial charge in [-0.15, -0.1) is 11.3 Å². The molecule has 36 heavy (non-hydrogen) atoms. The smallest absolute Gasteiger partial charge is 0.255 e. The molecule has 0 saturated carbocycles. The molecule has 196 valence electrons. The summed E-state index contributed by atoms with van der Waals surface area (Å²) in [7, 11) is 0. The Hall–Kier alpha value is -3.01. The van der Waals surface area contributed by atoms with E-state index in [0.29, 0.717) is 17.9 Å². The molecule has 9 heteroatoms. The molecule has 0 saturated heterocycles. The lowest BCUT2D eigenvalue weighted by molar-refractivity contribution is -0.129. The van der Waals surface area contributed by atoms with Crippen molar-refractivity contribution >= 4 is 28.1 Å². The minimum absolute atomic E-state index is 0.275. The minimum Gasteiger partial charge on any atom is -0.387 e. The highest BCUT2D eigenvalue weighted by molar-refractivity contribution is 7.16. The predicted octanol–water partition coefficient (Wildman–Crippen LogP) is 6.30. The SMILES string of the molecule is CC.CC(NC(=O)c1cccnc1NCc1ccc(NOC(C)(C)C(C)(C)O)s1)c1ccc(F)cc1. The van der Waals surface area contributed by atoms with Gasteiger partial charge in [0.15, 0.2) is 0 Å². The Kier molecular flexibility index (Phi) is 10.4. The van der Waals surface area contributed by atoms with E-state index < -0.39 is 11.2 Å². The van der Waals surface area contributed by atoms with Crippen molar-refractivity contribution in [1.29, 1.82) is 0 Å². The quantitative estimate of drug-likeness (QED) is 0.236. The number of rotatable bonds is 10. The molecule has 2 aromatic heterocycles. The van der Waals surface area contributed by atoms with Crippen molar-refractivity contribution in [2.24, 2.45) is 0 Å². The molecule has 2 heterocycles. The summed E-state index contributed by atoms with van der Waals surface area (Å²) in [5.41, 5.74) is 2.32. The Morgan fingerprint density at radius 3 is 2.42 bits per heavy atom. The van der Waals surface area contributed by atoms with Crippen LogP contribution in [-0.2, 0) is 11.4 Å². The lowest BCUT2D eigenvalue weighted by Gasteiger charge is -2.36. The number of nitrogens with one attached hydrogen (secondary N) is 3. The molecule has 1 unspecified atom stereocenters. The van der Waals surface area contributed by atoms with Crippen molar-refractivity contribution in [2.75, 3.05) is 10.8 Å². The molecule has 3 rings (SSSR count). The van der Waals surface area contributed by atoms with Crippen molar-refractivity contribution in [1.82, 2.24) is 10.3 Å². The summed E-state index contributed by atoms with van der Waals surface area (Å²) in [5.74, 6) is -0.127. The molecule has 7 nitrogen and oxygen atoms in total. The number of carbonyl (C=O) groups is 1. The van der Waals surface area contributed by atoms with E-state index in [0.717, 1.165) is 15.4 Å². The number of aliphatic hydroxyl groups is 1. The molecule has 0 aliphatic heterocycles. The van der Waals surface area contributed by atoms with Crippen LogP contribution in [-0.4, -0.2) is 27.2 Å². The summed E-state index contributed by atoms with van der Waals surface area (Å²) in [6.07, 6.45) is 1.62. The number of hydrogen-bond acceptors (Lipinski definition) is 7. The Labute approximate surface area is 217 Å². The van der Waals surface area contributed by atoms with E-state index in [1.165, 1.54) is 23.5 Å². The fourth-order valence-corrected chi connectivity index (χ4v) is 3.62. The first-order chi connectivity index (χ1) is 17.0. The third-order valence-corrected chi connectivity index (χ3v) is 6.72. The topological polar surface area (TPSA) is 95.5 Å². The molecule has 1 aromatic carbocycles. The fraction of sp³-hybridized carbons (Fsp3) is 0.407. The van der Waals surface area contributed by atoms with E-state index in [2.05, 4.69) is 21.1 Å². The minimum atomic E-state index is -1.02. The summed E-state index contributed by atoms with van der Waals surface area (Å²) < 4.78 is 13.2. The first-order valence-corrected chi connectivity index (χ1v) is 12.8. The van der Waals surface area contributed by atoms with Gasteiger partial charge in [-0.25, -0.2) is 9.37 Å². The Morgan fingerprint density at radius 2 is 1.78 bits per heavy atom. The van der Waals surface area contributed by atoms with Gasteiger partial charge in [0.05, 0.1) is 23.8 Å². The van der Waals surface area contributed by atoms with Crippen molar-refractivity contribution in [3.63, 3.8) is 0 Å². The summed E-state index contributed by atoms with van der Waals surface area (Å²) in [6, 6.07) is 13.0. The van der Waals surface area contributed by atoms with Crippen LogP contribution in [0.25, 0.3) is 0 Å². The zero-order valence-corrected chi connectivity index (χ0v) is 22.8. The summed E-state index contributed by atoms with van der Waals surface area (Å²) >= 11 is 1.49. The van der Waals surface area contributed by atoms with Crippen molar-refractivity contribution in [3.05, 3.63) is 76.5 Å². The molecule has 4 N–H and O–H groups in total. The molecule has 0 bridgehead atoms. The van der Waals surface area contributed by atoms with Gasteiger partial charge in [-0.3, -0.25) is 15.1 Å². The van der Waals surface area contributed by atoms with Crippen molar-refractivity contribution in [3.8, 4) is 0 Å². The van der Waals surface area contributed by atoms with Crippen LogP contribution in [0.3, 0.4) is 0 Å². The second-order valence-electron chi connectivity index (χ2n) is 9.04. The average Bonchev–Trinajstić information content (AvgIpc) is 3.30. The predicted molar refractivity (Wildman–Crippen MR) is 145 cm³/mol. The average molecular weight is 517 g/mol. The third kappa shape index (κ3) is 8.01. The molecule has 3 aromatic rings. The zero-order chi connectivity index (χ0) is 26.9. The highest BCUT2D eigenvalue weighted by atomic mass is 32.1. The molecule has 0 aliphatic rings. The number of pyridine rings is 1. The van der Waals surface area contributed by atoms with Gasteiger partial charge in [0.25, 0.3) is 5.91 Å². The van der Waals surface area contributed by atoms with Gasteiger partial charge in [-0.05, 0) is 76.6 Å². The van der Waals surface area contributed by atoms with Crippen molar-refractivity contribution in [2.45, 2.75) is 72.3 Å². The van der Waals surface area contributed by atoms with Crippen LogP contribution >= 0.6 is 11.3 Å². The van der Waals surface area contributed by atoms with Crippen LogP contribution < -0.4 is 16.1 Å². The molecule has 0 spiro atoms. The first kappa shape index (κ1) is 29.2. The van der Waals surface area contributed by atoms with Crippen LogP contribution in [0.1, 0.15) is 75.3 Å². The van der Waals surface area contributed by atoms with Gasteiger partial charge in [0.1, 0.15) is 22.2 Å². The Balaban J connectivity index is 0.00000222. The van der Waals surface area contributed by atoms with Gasteiger partial charge in [0.2, 0.25) is 0 Å². The molecular formula is C27H37FN4O3S. The highest BCUT2D eigenvalue weighted by Gasteiger charge is 2.37.